The molecule has 2 rings (SSSR count). The predicted molar refractivity (Wildman–Crippen MR) is 94.3 cm³/mol. The fraction of sp³-hybridized carbons (Fsp3) is 0.125. The van der Waals surface area contributed by atoms with E-state index in [1.54, 1.807) is 18.2 Å². The van der Waals surface area contributed by atoms with E-state index in [9.17, 15) is 19.5 Å². The van der Waals surface area contributed by atoms with E-state index < -0.39 is 23.0 Å². The number of carbonyl (C=O) groups is 1. The van der Waals surface area contributed by atoms with Crippen LogP contribution in [0.25, 0.3) is 0 Å². The highest BCUT2D eigenvalue weighted by Gasteiger charge is 2.17. The van der Waals surface area contributed by atoms with Gasteiger partial charge in [0.05, 0.1) is 16.3 Å². The molecule has 0 bridgehead atoms. The van der Waals surface area contributed by atoms with Crippen LogP contribution >= 0.6 is 11.6 Å². The van der Waals surface area contributed by atoms with Crippen LogP contribution in [-0.2, 0) is 6.54 Å². The van der Waals surface area contributed by atoms with Crippen molar-refractivity contribution in [3.8, 4) is 5.88 Å². The number of hydrogen-bond donors (Lipinski definition) is 3. The molecule has 1 amide bonds. The second-order valence-corrected chi connectivity index (χ2v) is 5.38. The monoisotopic (exact) mass is 362 g/mol. The van der Waals surface area contributed by atoms with E-state index in [1.165, 1.54) is 19.1 Å². The van der Waals surface area contributed by atoms with Crippen molar-refractivity contribution in [2.45, 2.75) is 13.5 Å². The number of H-pyrrole nitrogens is 1. The summed E-state index contributed by atoms with van der Waals surface area (Å²) in [6, 6.07) is 6.37. The van der Waals surface area contributed by atoms with Gasteiger partial charge >= 0.3 is 5.69 Å². The number of allylic oxidation sites excluding steroid dienone is 1. The van der Waals surface area contributed by atoms with Gasteiger partial charge in [0.15, 0.2) is 0 Å². The molecule has 0 unspecified atom stereocenters. The van der Waals surface area contributed by atoms with Crippen LogP contribution < -0.4 is 16.7 Å². The van der Waals surface area contributed by atoms with Crippen LogP contribution in [-0.4, -0.2) is 26.3 Å². The van der Waals surface area contributed by atoms with E-state index in [-0.39, 0.29) is 28.4 Å². The highest BCUT2D eigenvalue weighted by atomic mass is 35.5. The Morgan fingerprint density at radius 3 is 2.76 bits per heavy atom. The van der Waals surface area contributed by atoms with E-state index in [4.69, 9.17) is 11.6 Å². The molecule has 8 nitrogen and oxygen atoms in total. The summed E-state index contributed by atoms with van der Waals surface area (Å²) in [5, 5.41) is 14.2. The number of aromatic nitrogens is 2. The molecule has 130 valence electrons. The zero-order valence-electron chi connectivity index (χ0n) is 13.2. The van der Waals surface area contributed by atoms with Gasteiger partial charge in [-0.25, -0.2) is 10.2 Å². The van der Waals surface area contributed by atoms with Crippen LogP contribution in [0.3, 0.4) is 0 Å². The molecule has 0 aliphatic heterocycles. The third-order valence-corrected chi connectivity index (χ3v) is 3.62. The van der Waals surface area contributed by atoms with Crippen LogP contribution in [0.1, 0.15) is 22.8 Å². The lowest BCUT2D eigenvalue weighted by molar-refractivity contribution is 0.0955. The quantitative estimate of drug-likeness (QED) is 0.421. The van der Waals surface area contributed by atoms with E-state index >= 15 is 0 Å². The maximum absolute atomic E-state index is 12.1. The molecular weight excluding hydrogens is 348 g/mol. The molecule has 0 aliphatic carbocycles. The smallest absolute Gasteiger partial charge is 0.331 e. The summed E-state index contributed by atoms with van der Waals surface area (Å²) in [6.07, 6.45) is 1.38. The Hall–Kier alpha value is -3.13. The molecule has 1 aromatic carbocycles. The first-order valence-electron chi connectivity index (χ1n) is 7.13. The first-order valence-corrected chi connectivity index (χ1v) is 7.51. The van der Waals surface area contributed by atoms with Gasteiger partial charge in [-0.3, -0.25) is 19.1 Å². The third kappa shape index (κ3) is 3.86. The van der Waals surface area contributed by atoms with Crippen LogP contribution in [0.4, 0.5) is 0 Å². The molecule has 1 heterocycles. The van der Waals surface area contributed by atoms with Crippen LogP contribution in [0.15, 0.2) is 51.6 Å². The van der Waals surface area contributed by atoms with Gasteiger partial charge < -0.3 is 5.11 Å². The van der Waals surface area contributed by atoms with Crippen molar-refractivity contribution >= 4 is 23.2 Å². The van der Waals surface area contributed by atoms with E-state index in [1.807, 2.05) is 0 Å². The number of amides is 1. The lowest BCUT2D eigenvalue weighted by atomic mass is 10.2. The normalized spacial score (nSPS) is 11.2. The number of rotatable bonds is 5. The number of aromatic amines is 1. The minimum Gasteiger partial charge on any atom is -0.494 e. The number of hydrogen-bond acceptors (Lipinski definition) is 5. The van der Waals surface area contributed by atoms with Crippen molar-refractivity contribution in [3.63, 3.8) is 0 Å². The Labute approximate surface area is 147 Å². The Morgan fingerprint density at radius 2 is 2.12 bits per heavy atom. The largest absolute Gasteiger partial charge is 0.494 e. The van der Waals surface area contributed by atoms with Gasteiger partial charge in [-0.05, 0) is 19.1 Å². The Balaban J connectivity index is 2.37. The lowest BCUT2D eigenvalue weighted by Gasteiger charge is -2.09. The van der Waals surface area contributed by atoms with E-state index in [0.29, 0.717) is 0 Å². The standard InChI is InChI=1S/C16H15ClN4O4/c1-3-8-21-15(24)12(14(23)18-16(21)25)9(2)19-20-13(22)10-6-4-5-7-11(10)17/h3-7,24H,1,8H2,2H3,(H,20,22)(H,18,23,25)/b19-9+. The summed E-state index contributed by atoms with van der Waals surface area (Å²) >= 11 is 5.92. The fourth-order valence-electron chi connectivity index (χ4n) is 2.08. The molecule has 0 radical (unpaired) electrons. The van der Waals surface area contributed by atoms with Gasteiger partial charge in [0.1, 0.15) is 5.56 Å². The van der Waals surface area contributed by atoms with Crippen molar-refractivity contribution in [2.24, 2.45) is 5.10 Å². The number of aromatic hydroxyl groups is 1. The summed E-state index contributed by atoms with van der Waals surface area (Å²) in [5.74, 6) is -1.15. The van der Waals surface area contributed by atoms with E-state index in [2.05, 4.69) is 22.1 Å². The molecule has 25 heavy (non-hydrogen) atoms. The van der Waals surface area contributed by atoms with Crippen molar-refractivity contribution in [1.29, 1.82) is 0 Å². The van der Waals surface area contributed by atoms with Gasteiger partial charge in [0, 0.05) is 6.54 Å². The molecule has 2 aromatic rings. The summed E-state index contributed by atoms with van der Waals surface area (Å²) in [4.78, 5) is 37.8. The maximum atomic E-state index is 12.1. The highest BCUT2D eigenvalue weighted by Crippen LogP contribution is 2.15. The molecule has 9 heteroatoms. The van der Waals surface area contributed by atoms with Crippen LogP contribution in [0, 0.1) is 0 Å². The Morgan fingerprint density at radius 1 is 1.44 bits per heavy atom. The molecule has 3 N–H and O–H groups in total. The van der Waals surface area contributed by atoms with Crippen molar-refractivity contribution in [3.05, 3.63) is 73.9 Å². The van der Waals surface area contributed by atoms with Gasteiger partial charge in [0.2, 0.25) is 5.88 Å². The van der Waals surface area contributed by atoms with Gasteiger partial charge in [0.25, 0.3) is 11.5 Å². The van der Waals surface area contributed by atoms with Crippen molar-refractivity contribution < 1.29 is 9.90 Å². The third-order valence-electron chi connectivity index (χ3n) is 3.29. The molecule has 1 aromatic heterocycles. The minimum absolute atomic E-state index is 0.00624. The van der Waals surface area contributed by atoms with Gasteiger partial charge in [-0.1, -0.05) is 29.8 Å². The molecular formula is C16H15ClN4O4. The second kappa shape index (κ2) is 7.63. The number of benzene rings is 1. The lowest BCUT2D eigenvalue weighted by Crippen LogP contribution is -2.34. The Bertz CT molecular complexity index is 975. The maximum Gasteiger partial charge on any atom is 0.331 e. The SMILES string of the molecule is C=CCn1c(O)c(/C(C)=N/NC(=O)c2ccccc2Cl)c(=O)[nH]c1=O. The van der Waals surface area contributed by atoms with Crippen molar-refractivity contribution in [1.82, 2.24) is 15.0 Å². The zero-order valence-corrected chi connectivity index (χ0v) is 14.0. The van der Waals surface area contributed by atoms with E-state index in [0.717, 1.165) is 4.57 Å². The summed E-state index contributed by atoms with van der Waals surface area (Å²) in [7, 11) is 0. The molecule has 0 saturated heterocycles. The van der Waals surface area contributed by atoms with Gasteiger partial charge in [-0.15, -0.1) is 6.58 Å². The number of nitrogens with one attached hydrogen (secondary N) is 2. The molecule has 0 saturated carbocycles. The summed E-state index contributed by atoms with van der Waals surface area (Å²) in [5.41, 5.74) is 0.630. The molecule has 0 spiro atoms. The fourth-order valence-corrected chi connectivity index (χ4v) is 2.30. The van der Waals surface area contributed by atoms with Gasteiger partial charge in [-0.2, -0.15) is 5.10 Å². The number of carbonyl (C=O) groups excluding carboxylic acids is 1. The zero-order chi connectivity index (χ0) is 18.6. The summed E-state index contributed by atoms with van der Waals surface area (Å²) < 4.78 is 0.915. The first-order chi connectivity index (χ1) is 11.9. The average Bonchev–Trinajstić information content (AvgIpc) is 2.56. The second-order valence-electron chi connectivity index (χ2n) is 4.98. The molecule has 0 atom stereocenters. The number of halogens is 1. The predicted octanol–water partition coefficient (Wildman–Crippen LogP) is 1.24. The Kier molecular flexibility index (Phi) is 5.56. The number of hydrazone groups is 1. The molecule has 0 fully saturated rings. The molecule has 0 aliphatic rings. The topological polar surface area (TPSA) is 117 Å². The van der Waals surface area contributed by atoms with Crippen LogP contribution in [0.5, 0.6) is 5.88 Å². The first kappa shape index (κ1) is 18.2. The number of nitrogens with zero attached hydrogens (tertiary/aromatic N) is 2. The minimum atomic E-state index is -0.823. The summed E-state index contributed by atoms with van der Waals surface area (Å²) in [6.45, 7) is 4.87. The average molecular weight is 363 g/mol. The van der Waals surface area contributed by atoms with Crippen molar-refractivity contribution in [2.75, 3.05) is 0 Å². The van der Waals surface area contributed by atoms with Crippen LogP contribution in [0.2, 0.25) is 5.02 Å². The highest BCUT2D eigenvalue weighted by molar-refractivity contribution is 6.33.